The second-order valence-electron chi connectivity index (χ2n) is 2.74. The molecule has 1 rings (SSSR count). The Morgan fingerprint density at radius 2 is 2.15 bits per heavy atom. The summed E-state index contributed by atoms with van der Waals surface area (Å²) in [5, 5.41) is 2.78. The highest BCUT2D eigenvalue weighted by atomic mass is 19.1. The first-order valence-electron chi connectivity index (χ1n) is 3.84. The quantitative estimate of drug-likeness (QED) is 0.723. The first-order chi connectivity index (χ1) is 6.06. The molecule has 0 aliphatic heterocycles. The number of carbonyl (C=O) groups excluding carboxylic acids is 1. The largest absolute Gasteiger partial charge is 0.388 e. The van der Waals surface area contributed by atoms with E-state index in [-0.39, 0.29) is 5.56 Å². The van der Waals surface area contributed by atoms with Gasteiger partial charge in [0.2, 0.25) is 5.91 Å². The minimum atomic E-state index is -0.629. The Kier molecular flexibility index (Phi) is 2.51. The number of benzene rings is 1. The van der Waals surface area contributed by atoms with Crippen LogP contribution >= 0.6 is 0 Å². The van der Waals surface area contributed by atoms with Crippen LogP contribution in [0.2, 0.25) is 0 Å². The monoisotopic (exact) mass is 182 g/mol. The van der Waals surface area contributed by atoms with Gasteiger partial charge in [-0.05, 0) is 19.1 Å². The summed E-state index contributed by atoms with van der Waals surface area (Å²) in [6, 6.07) is 2.67. The van der Waals surface area contributed by atoms with E-state index in [2.05, 4.69) is 5.32 Å². The minimum absolute atomic E-state index is 0.174. The van der Waals surface area contributed by atoms with Gasteiger partial charge >= 0.3 is 0 Å². The first-order valence-corrected chi connectivity index (χ1v) is 3.84. The smallest absolute Gasteiger partial charge is 0.248 e. The molecule has 0 aliphatic rings. The Balaban J connectivity index is 3.30. The van der Waals surface area contributed by atoms with Crippen molar-refractivity contribution >= 4 is 11.6 Å². The molecule has 0 aromatic heterocycles. The van der Waals surface area contributed by atoms with Crippen LogP contribution in [0.1, 0.15) is 15.9 Å². The zero-order chi connectivity index (χ0) is 10.0. The van der Waals surface area contributed by atoms with E-state index in [1.807, 2.05) is 0 Å². The molecule has 0 bridgehead atoms. The summed E-state index contributed by atoms with van der Waals surface area (Å²) in [4.78, 5) is 10.8. The molecule has 0 spiro atoms. The molecule has 13 heavy (non-hydrogen) atoms. The maximum atomic E-state index is 13.1. The topological polar surface area (TPSA) is 55.1 Å². The molecular formula is C9H11FN2O. The van der Waals surface area contributed by atoms with E-state index in [1.54, 1.807) is 14.0 Å². The van der Waals surface area contributed by atoms with Crippen molar-refractivity contribution in [2.75, 3.05) is 12.4 Å². The molecule has 0 saturated carbocycles. The van der Waals surface area contributed by atoms with Gasteiger partial charge in [-0.15, -0.1) is 0 Å². The molecule has 0 atom stereocenters. The van der Waals surface area contributed by atoms with E-state index in [0.717, 1.165) is 6.07 Å². The van der Waals surface area contributed by atoms with E-state index in [9.17, 15) is 9.18 Å². The molecule has 1 aromatic rings. The number of halogens is 1. The molecule has 3 N–H and O–H groups in total. The summed E-state index contributed by atoms with van der Waals surface area (Å²) in [6.07, 6.45) is 0. The minimum Gasteiger partial charge on any atom is -0.388 e. The molecule has 0 fully saturated rings. The molecule has 0 unspecified atom stereocenters. The Morgan fingerprint density at radius 1 is 1.54 bits per heavy atom. The molecule has 1 aromatic carbocycles. The summed E-state index contributed by atoms with van der Waals surface area (Å²) in [7, 11) is 1.66. The van der Waals surface area contributed by atoms with Crippen molar-refractivity contribution in [1.29, 1.82) is 0 Å². The average Bonchev–Trinajstić information content (AvgIpc) is 2.09. The van der Waals surface area contributed by atoms with Gasteiger partial charge in [-0.25, -0.2) is 4.39 Å². The summed E-state index contributed by atoms with van der Waals surface area (Å²) in [6.45, 7) is 1.63. The van der Waals surface area contributed by atoms with Crippen molar-refractivity contribution in [1.82, 2.24) is 0 Å². The molecule has 4 heteroatoms. The summed E-state index contributed by atoms with van der Waals surface area (Å²) >= 11 is 0. The number of hydrogen-bond acceptors (Lipinski definition) is 2. The Morgan fingerprint density at radius 3 is 2.62 bits per heavy atom. The number of hydrogen-bond donors (Lipinski definition) is 2. The predicted octanol–water partition coefficient (Wildman–Crippen LogP) is 1.27. The fourth-order valence-electron chi connectivity index (χ4n) is 1.08. The number of primary amides is 1. The fourth-order valence-corrected chi connectivity index (χ4v) is 1.08. The van der Waals surface area contributed by atoms with Gasteiger partial charge in [-0.1, -0.05) is 0 Å². The number of amides is 1. The summed E-state index contributed by atoms with van der Waals surface area (Å²) in [5.41, 5.74) is 6.25. The number of nitrogens with two attached hydrogens (primary N) is 1. The van der Waals surface area contributed by atoms with Crippen molar-refractivity contribution < 1.29 is 9.18 Å². The van der Waals surface area contributed by atoms with Gasteiger partial charge in [0, 0.05) is 23.9 Å². The van der Waals surface area contributed by atoms with Gasteiger partial charge in [-0.3, -0.25) is 4.79 Å². The van der Waals surface area contributed by atoms with Crippen LogP contribution in [0.3, 0.4) is 0 Å². The summed E-state index contributed by atoms with van der Waals surface area (Å²) < 4.78 is 13.1. The van der Waals surface area contributed by atoms with Crippen LogP contribution in [-0.4, -0.2) is 13.0 Å². The van der Waals surface area contributed by atoms with Crippen LogP contribution < -0.4 is 11.1 Å². The van der Waals surface area contributed by atoms with Crippen molar-refractivity contribution in [3.8, 4) is 0 Å². The van der Waals surface area contributed by atoms with E-state index in [0.29, 0.717) is 11.3 Å². The lowest BCUT2D eigenvalue weighted by Gasteiger charge is -2.07. The maximum Gasteiger partial charge on any atom is 0.248 e. The molecular weight excluding hydrogens is 171 g/mol. The normalized spacial score (nSPS) is 9.77. The molecule has 0 saturated heterocycles. The molecule has 70 valence electrons. The van der Waals surface area contributed by atoms with E-state index in [1.165, 1.54) is 6.07 Å². The molecule has 0 radical (unpaired) electrons. The van der Waals surface area contributed by atoms with Crippen LogP contribution in [0, 0.1) is 12.7 Å². The van der Waals surface area contributed by atoms with Gasteiger partial charge in [0.05, 0.1) is 0 Å². The third-order valence-corrected chi connectivity index (χ3v) is 1.90. The average molecular weight is 182 g/mol. The van der Waals surface area contributed by atoms with Gasteiger partial charge in [-0.2, -0.15) is 0 Å². The highest BCUT2D eigenvalue weighted by molar-refractivity contribution is 5.94. The van der Waals surface area contributed by atoms with Gasteiger partial charge < -0.3 is 11.1 Å². The van der Waals surface area contributed by atoms with Gasteiger partial charge in [0.25, 0.3) is 0 Å². The lowest BCUT2D eigenvalue weighted by Crippen LogP contribution is -2.12. The lowest BCUT2D eigenvalue weighted by molar-refractivity contribution is 0.1000. The SMILES string of the molecule is CNc1cc(C(N)=O)cc(F)c1C. The molecule has 0 aliphatic carbocycles. The zero-order valence-corrected chi connectivity index (χ0v) is 7.52. The lowest BCUT2D eigenvalue weighted by atomic mass is 10.1. The second-order valence-corrected chi connectivity index (χ2v) is 2.74. The Hall–Kier alpha value is -1.58. The molecule has 1 amide bonds. The fraction of sp³-hybridized carbons (Fsp3) is 0.222. The number of nitrogens with one attached hydrogen (secondary N) is 1. The van der Waals surface area contributed by atoms with Crippen molar-refractivity contribution in [2.45, 2.75) is 6.92 Å². The van der Waals surface area contributed by atoms with Crippen LogP contribution in [0.15, 0.2) is 12.1 Å². The number of carbonyl (C=O) groups is 1. The van der Waals surface area contributed by atoms with E-state index in [4.69, 9.17) is 5.73 Å². The standard InChI is InChI=1S/C9H11FN2O/c1-5-7(10)3-6(9(11)13)4-8(5)12-2/h3-4,12H,1-2H3,(H2,11,13). The Bertz CT molecular complexity index is 350. The van der Waals surface area contributed by atoms with Gasteiger partial charge in [0.15, 0.2) is 0 Å². The molecule has 0 heterocycles. The highest BCUT2D eigenvalue weighted by Crippen LogP contribution is 2.19. The first kappa shape index (κ1) is 9.51. The van der Waals surface area contributed by atoms with Crippen molar-refractivity contribution in [3.05, 3.63) is 29.1 Å². The van der Waals surface area contributed by atoms with E-state index >= 15 is 0 Å². The van der Waals surface area contributed by atoms with Crippen LogP contribution in [0.25, 0.3) is 0 Å². The Labute approximate surface area is 75.7 Å². The maximum absolute atomic E-state index is 13.1. The van der Waals surface area contributed by atoms with Crippen LogP contribution in [-0.2, 0) is 0 Å². The second kappa shape index (κ2) is 3.43. The number of anilines is 1. The predicted molar refractivity (Wildman–Crippen MR) is 49.2 cm³/mol. The highest BCUT2D eigenvalue weighted by Gasteiger charge is 2.08. The molecule has 3 nitrogen and oxygen atoms in total. The van der Waals surface area contributed by atoms with Gasteiger partial charge in [0.1, 0.15) is 5.82 Å². The van der Waals surface area contributed by atoms with Crippen molar-refractivity contribution in [3.63, 3.8) is 0 Å². The van der Waals surface area contributed by atoms with E-state index < -0.39 is 11.7 Å². The summed E-state index contributed by atoms with van der Waals surface area (Å²) in [5.74, 6) is -1.06. The van der Waals surface area contributed by atoms with Crippen LogP contribution in [0.4, 0.5) is 10.1 Å². The third kappa shape index (κ3) is 1.77. The van der Waals surface area contributed by atoms with Crippen LogP contribution in [0.5, 0.6) is 0 Å². The zero-order valence-electron chi connectivity index (χ0n) is 7.52. The van der Waals surface area contributed by atoms with Crippen molar-refractivity contribution in [2.24, 2.45) is 5.73 Å². The third-order valence-electron chi connectivity index (χ3n) is 1.90. The number of rotatable bonds is 2.